The molecule has 1 aliphatic rings. The maximum Gasteiger partial charge on any atom is 0.335 e. The fourth-order valence-electron chi connectivity index (χ4n) is 2.25. The van der Waals surface area contributed by atoms with Crippen molar-refractivity contribution in [3.8, 4) is 0 Å². The van der Waals surface area contributed by atoms with Crippen molar-refractivity contribution in [2.24, 2.45) is 0 Å². The molecule has 0 aliphatic carbocycles. The average Bonchev–Trinajstić information content (AvgIpc) is 2.98. The number of amides is 1. The van der Waals surface area contributed by atoms with Gasteiger partial charge in [-0.15, -0.1) is 11.3 Å². The van der Waals surface area contributed by atoms with E-state index >= 15 is 0 Å². The number of thiophene rings is 1. The van der Waals surface area contributed by atoms with Gasteiger partial charge in [-0.2, -0.15) is 0 Å². The van der Waals surface area contributed by atoms with Crippen molar-refractivity contribution in [1.82, 2.24) is 0 Å². The zero-order chi connectivity index (χ0) is 13.4. The highest BCUT2D eigenvalue weighted by atomic mass is 32.1. The van der Waals surface area contributed by atoms with E-state index in [0.29, 0.717) is 6.54 Å². The Morgan fingerprint density at radius 3 is 2.89 bits per heavy atom. The number of rotatable bonds is 3. The molecule has 1 aromatic carbocycles. The zero-order valence-electron chi connectivity index (χ0n) is 10.00. The van der Waals surface area contributed by atoms with Crippen LogP contribution < -0.4 is 4.90 Å². The minimum atomic E-state index is -0.966. The molecule has 3 rings (SSSR count). The molecule has 19 heavy (non-hydrogen) atoms. The highest BCUT2D eigenvalue weighted by molar-refractivity contribution is 7.09. The number of carboxylic acid groups (broad SMARTS) is 1. The van der Waals surface area contributed by atoms with Crippen LogP contribution in [-0.4, -0.2) is 17.0 Å². The van der Waals surface area contributed by atoms with Crippen molar-refractivity contribution >= 4 is 28.9 Å². The molecule has 1 aromatic heterocycles. The third-order valence-electron chi connectivity index (χ3n) is 3.15. The molecule has 0 bridgehead atoms. The second-order valence-corrected chi connectivity index (χ2v) is 5.42. The zero-order valence-corrected chi connectivity index (χ0v) is 10.8. The van der Waals surface area contributed by atoms with E-state index in [-0.39, 0.29) is 17.9 Å². The molecule has 2 heterocycles. The summed E-state index contributed by atoms with van der Waals surface area (Å²) >= 11 is 1.61. The Balaban J connectivity index is 1.94. The summed E-state index contributed by atoms with van der Waals surface area (Å²) in [7, 11) is 0. The van der Waals surface area contributed by atoms with Crippen molar-refractivity contribution in [2.45, 2.75) is 13.0 Å². The van der Waals surface area contributed by atoms with Crippen molar-refractivity contribution < 1.29 is 14.7 Å². The van der Waals surface area contributed by atoms with E-state index in [1.54, 1.807) is 34.4 Å². The van der Waals surface area contributed by atoms with Gasteiger partial charge in [-0.1, -0.05) is 6.07 Å². The Bertz CT molecular complexity index is 649. The highest BCUT2D eigenvalue weighted by Crippen LogP contribution is 2.31. The van der Waals surface area contributed by atoms with Crippen molar-refractivity contribution in [1.29, 1.82) is 0 Å². The lowest BCUT2D eigenvalue weighted by molar-refractivity contribution is -0.117. The molecular formula is C14H11NO3S. The smallest absolute Gasteiger partial charge is 0.335 e. The molecule has 4 nitrogen and oxygen atoms in total. The lowest BCUT2D eigenvalue weighted by Crippen LogP contribution is -2.25. The van der Waals surface area contributed by atoms with Crippen LogP contribution in [0.3, 0.4) is 0 Å². The predicted octanol–water partition coefficient (Wildman–Crippen LogP) is 2.54. The first-order valence-corrected chi connectivity index (χ1v) is 6.72. The van der Waals surface area contributed by atoms with E-state index in [1.807, 2.05) is 17.5 Å². The number of hydrogen-bond donors (Lipinski definition) is 1. The van der Waals surface area contributed by atoms with Gasteiger partial charge in [0.2, 0.25) is 5.91 Å². The number of carbonyl (C=O) groups excluding carboxylic acids is 1. The van der Waals surface area contributed by atoms with Crippen LogP contribution in [-0.2, 0) is 17.8 Å². The molecule has 0 saturated carbocycles. The fraction of sp³-hybridized carbons (Fsp3) is 0.143. The monoisotopic (exact) mass is 273 g/mol. The van der Waals surface area contributed by atoms with Gasteiger partial charge in [-0.25, -0.2) is 4.79 Å². The predicted molar refractivity (Wildman–Crippen MR) is 72.6 cm³/mol. The molecule has 0 unspecified atom stereocenters. The van der Waals surface area contributed by atoms with Gasteiger partial charge >= 0.3 is 5.97 Å². The third-order valence-corrected chi connectivity index (χ3v) is 4.02. The van der Waals surface area contributed by atoms with E-state index in [2.05, 4.69) is 0 Å². The van der Waals surface area contributed by atoms with Gasteiger partial charge in [0.25, 0.3) is 0 Å². The average molecular weight is 273 g/mol. The first kappa shape index (κ1) is 11.9. The standard InChI is InChI=1S/C14H11NO3S/c16-13-7-10-6-9(14(17)18)3-4-12(10)15(13)8-11-2-1-5-19-11/h1-6H,7-8H2,(H,17,18). The Kier molecular flexibility index (Phi) is 2.83. The fourth-order valence-corrected chi connectivity index (χ4v) is 2.94. The molecule has 0 radical (unpaired) electrons. The van der Waals surface area contributed by atoms with Crippen LogP contribution in [0.15, 0.2) is 35.7 Å². The molecule has 1 aliphatic heterocycles. The number of hydrogen-bond acceptors (Lipinski definition) is 3. The second kappa shape index (κ2) is 4.51. The maximum absolute atomic E-state index is 12.0. The molecule has 0 fully saturated rings. The molecular weight excluding hydrogens is 262 g/mol. The number of carboxylic acids is 1. The van der Waals surface area contributed by atoms with Crippen molar-refractivity contribution in [3.63, 3.8) is 0 Å². The van der Waals surface area contributed by atoms with Gasteiger partial charge < -0.3 is 10.0 Å². The van der Waals surface area contributed by atoms with Crippen LogP contribution in [0.4, 0.5) is 5.69 Å². The Morgan fingerprint density at radius 2 is 2.21 bits per heavy atom. The van der Waals surface area contributed by atoms with Crippen molar-refractivity contribution in [2.75, 3.05) is 4.90 Å². The van der Waals surface area contributed by atoms with Crippen LogP contribution >= 0.6 is 11.3 Å². The largest absolute Gasteiger partial charge is 0.478 e. The Hall–Kier alpha value is -2.14. The number of anilines is 1. The summed E-state index contributed by atoms with van der Waals surface area (Å²) in [6.07, 6.45) is 0.280. The summed E-state index contributed by atoms with van der Waals surface area (Å²) in [4.78, 5) is 25.8. The van der Waals surface area contributed by atoms with Crippen LogP contribution in [0.5, 0.6) is 0 Å². The SMILES string of the molecule is O=C(O)c1ccc2c(c1)CC(=O)N2Cc1cccs1. The summed E-state index contributed by atoms with van der Waals surface area (Å²) in [5.74, 6) is -0.946. The number of carbonyl (C=O) groups is 2. The van der Waals surface area contributed by atoms with Gasteiger partial charge in [-0.3, -0.25) is 4.79 Å². The maximum atomic E-state index is 12.0. The van der Waals surface area contributed by atoms with Gasteiger partial charge in [-0.05, 0) is 35.2 Å². The number of benzene rings is 1. The topological polar surface area (TPSA) is 57.6 Å². The molecule has 0 spiro atoms. The van der Waals surface area contributed by atoms with E-state index in [1.165, 1.54) is 0 Å². The van der Waals surface area contributed by atoms with Crippen LogP contribution in [0.25, 0.3) is 0 Å². The molecule has 2 aromatic rings. The summed E-state index contributed by atoms with van der Waals surface area (Å²) in [5, 5.41) is 10.9. The highest BCUT2D eigenvalue weighted by Gasteiger charge is 2.28. The van der Waals surface area contributed by atoms with E-state index in [4.69, 9.17) is 5.11 Å². The second-order valence-electron chi connectivity index (χ2n) is 4.38. The quantitative estimate of drug-likeness (QED) is 0.935. The molecule has 96 valence electrons. The van der Waals surface area contributed by atoms with E-state index < -0.39 is 5.97 Å². The molecule has 0 atom stereocenters. The summed E-state index contributed by atoms with van der Waals surface area (Å²) in [6, 6.07) is 8.79. The van der Waals surface area contributed by atoms with Crippen molar-refractivity contribution in [3.05, 3.63) is 51.7 Å². The van der Waals surface area contributed by atoms with Gasteiger partial charge in [0, 0.05) is 10.6 Å². The Labute approximate surface area is 113 Å². The minimum Gasteiger partial charge on any atom is -0.478 e. The molecule has 0 saturated heterocycles. The number of fused-ring (bicyclic) bond motifs is 1. The van der Waals surface area contributed by atoms with Crippen LogP contribution in [0.1, 0.15) is 20.8 Å². The van der Waals surface area contributed by atoms with Crippen LogP contribution in [0, 0.1) is 0 Å². The van der Waals surface area contributed by atoms with E-state index in [9.17, 15) is 9.59 Å². The Morgan fingerprint density at radius 1 is 1.37 bits per heavy atom. The van der Waals surface area contributed by atoms with Gasteiger partial charge in [0.15, 0.2) is 0 Å². The first-order chi connectivity index (χ1) is 9.15. The summed E-state index contributed by atoms with van der Waals surface area (Å²) in [6.45, 7) is 0.552. The molecule has 1 N–H and O–H groups in total. The normalized spacial score (nSPS) is 13.7. The number of nitrogens with zero attached hydrogens (tertiary/aromatic N) is 1. The van der Waals surface area contributed by atoms with Gasteiger partial charge in [0.05, 0.1) is 18.5 Å². The summed E-state index contributed by atoms with van der Waals surface area (Å²) < 4.78 is 0. The third kappa shape index (κ3) is 2.13. The molecule has 5 heteroatoms. The lowest BCUT2D eigenvalue weighted by atomic mass is 10.1. The number of aromatic carboxylic acids is 1. The van der Waals surface area contributed by atoms with Crippen LogP contribution in [0.2, 0.25) is 0 Å². The first-order valence-electron chi connectivity index (χ1n) is 5.84. The van der Waals surface area contributed by atoms with E-state index in [0.717, 1.165) is 16.1 Å². The molecule has 1 amide bonds. The summed E-state index contributed by atoms with van der Waals surface area (Å²) in [5.41, 5.74) is 1.84. The van der Waals surface area contributed by atoms with Gasteiger partial charge in [0.1, 0.15) is 0 Å². The minimum absolute atomic E-state index is 0.0194. The lowest BCUT2D eigenvalue weighted by Gasteiger charge is -2.16.